The number of anilines is 1. The Morgan fingerprint density at radius 2 is 1.76 bits per heavy atom. The molecule has 2 atom stereocenters. The van der Waals surface area contributed by atoms with E-state index in [0.29, 0.717) is 33.1 Å². The van der Waals surface area contributed by atoms with E-state index in [4.69, 9.17) is 16.3 Å². The zero-order valence-corrected chi connectivity index (χ0v) is 19.2. The fourth-order valence-corrected chi connectivity index (χ4v) is 4.91. The molecule has 0 fully saturated rings. The van der Waals surface area contributed by atoms with Crippen molar-refractivity contribution in [3.8, 4) is 5.75 Å². The van der Waals surface area contributed by atoms with Gasteiger partial charge in [0, 0.05) is 28.2 Å². The molecule has 3 aromatic carbocycles. The Labute approximate surface area is 201 Å². The minimum atomic E-state index is -1.36. The van der Waals surface area contributed by atoms with Gasteiger partial charge in [0.25, 0.3) is 5.91 Å². The number of rotatable bonds is 6. The molecule has 7 nitrogen and oxygen atoms in total. The topological polar surface area (TPSA) is 107 Å². The molecule has 3 aromatic rings. The second kappa shape index (κ2) is 8.83. The summed E-state index contributed by atoms with van der Waals surface area (Å²) in [5.74, 6) is -3.25. The average Bonchev–Trinajstić information content (AvgIpc) is 3.06. The number of nitrogens with zero attached hydrogens (tertiary/aromatic N) is 1. The van der Waals surface area contributed by atoms with Gasteiger partial charge in [0.05, 0.1) is 18.2 Å². The molecule has 0 aromatic heterocycles. The minimum absolute atomic E-state index is 0.0259. The van der Waals surface area contributed by atoms with E-state index in [1.807, 2.05) is 0 Å². The van der Waals surface area contributed by atoms with Crippen molar-refractivity contribution >= 4 is 35.1 Å². The number of fused-ring (bicyclic) bond motifs is 1. The number of aliphatic carboxylic acids is 1. The van der Waals surface area contributed by atoms with E-state index in [1.165, 1.54) is 18.1 Å². The second-order valence-electron chi connectivity index (χ2n) is 8.20. The molecule has 0 radical (unpaired) electrons. The zero-order valence-electron chi connectivity index (χ0n) is 18.4. The summed E-state index contributed by atoms with van der Waals surface area (Å²) < 4.78 is 5.35. The first kappa shape index (κ1) is 23.3. The summed E-state index contributed by atoms with van der Waals surface area (Å²) >= 11 is 6.00. The van der Waals surface area contributed by atoms with Crippen LogP contribution in [0, 0.1) is 0 Å². The van der Waals surface area contributed by atoms with Crippen LogP contribution in [0.1, 0.15) is 51.1 Å². The summed E-state index contributed by atoms with van der Waals surface area (Å²) in [5.41, 5.74) is 0.260. The molecule has 0 aliphatic carbocycles. The zero-order chi connectivity index (χ0) is 24.6. The molecular formula is C26H21ClNO6-. The summed E-state index contributed by atoms with van der Waals surface area (Å²) in [7, 11) is 1.49. The van der Waals surface area contributed by atoms with E-state index < -0.39 is 35.7 Å². The maximum Gasteiger partial charge on any atom is 0.336 e. The van der Waals surface area contributed by atoms with Crippen LogP contribution in [0.5, 0.6) is 5.75 Å². The molecule has 1 aliphatic rings. The molecule has 0 spiro atoms. The third-order valence-electron chi connectivity index (χ3n) is 6.36. The van der Waals surface area contributed by atoms with Crippen molar-refractivity contribution in [3.05, 3.63) is 94.0 Å². The highest BCUT2D eigenvalue weighted by Crippen LogP contribution is 2.56. The highest BCUT2D eigenvalue weighted by Gasteiger charge is 2.53. The quantitative estimate of drug-likeness (QED) is 0.576. The number of hydrogen-bond donors (Lipinski definition) is 1. The van der Waals surface area contributed by atoms with E-state index in [1.54, 1.807) is 67.6 Å². The van der Waals surface area contributed by atoms with Gasteiger partial charge in [0.15, 0.2) is 0 Å². The van der Waals surface area contributed by atoms with Crippen LogP contribution in [0.15, 0.2) is 66.7 Å². The van der Waals surface area contributed by atoms with Crippen LogP contribution in [0.25, 0.3) is 0 Å². The minimum Gasteiger partial charge on any atom is -0.550 e. The molecule has 34 heavy (non-hydrogen) atoms. The fourth-order valence-electron chi connectivity index (χ4n) is 4.79. The lowest BCUT2D eigenvalue weighted by atomic mass is 9.74. The van der Waals surface area contributed by atoms with Gasteiger partial charge in [-0.25, -0.2) is 4.79 Å². The second-order valence-corrected chi connectivity index (χ2v) is 8.64. The predicted molar refractivity (Wildman–Crippen MR) is 124 cm³/mol. The van der Waals surface area contributed by atoms with Crippen molar-refractivity contribution in [2.45, 2.75) is 24.8 Å². The summed E-state index contributed by atoms with van der Waals surface area (Å²) in [6, 6.07) is 17.6. The third-order valence-corrected chi connectivity index (χ3v) is 6.61. The smallest absolute Gasteiger partial charge is 0.336 e. The van der Waals surface area contributed by atoms with Crippen molar-refractivity contribution < 1.29 is 29.3 Å². The van der Waals surface area contributed by atoms with Crippen molar-refractivity contribution in [1.82, 2.24) is 0 Å². The van der Waals surface area contributed by atoms with Gasteiger partial charge < -0.3 is 19.7 Å². The number of aromatic carboxylic acids is 1. The summed E-state index contributed by atoms with van der Waals surface area (Å²) in [4.78, 5) is 39.4. The molecular weight excluding hydrogens is 458 g/mol. The predicted octanol–water partition coefficient (Wildman–Crippen LogP) is 3.85. The van der Waals surface area contributed by atoms with Gasteiger partial charge in [-0.3, -0.25) is 9.69 Å². The molecule has 174 valence electrons. The van der Waals surface area contributed by atoms with Gasteiger partial charge in [-0.15, -0.1) is 0 Å². The van der Waals surface area contributed by atoms with Crippen molar-refractivity contribution in [2.75, 3.05) is 12.0 Å². The lowest BCUT2D eigenvalue weighted by molar-refractivity contribution is -0.306. The van der Waals surface area contributed by atoms with Crippen LogP contribution < -0.4 is 14.7 Å². The van der Waals surface area contributed by atoms with Crippen LogP contribution in [-0.2, 0) is 10.3 Å². The van der Waals surface area contributed by atoms with E-state index in [0.717, 1.165) is 0 Å². The number of ether oxygens (including phenoxy) is 1. The van der Waals surface area contributed by atoms with Gasteiger partial charge in [-0.1, -0.05) is 29.8 Å². The standard InChI is InChI=1S/C26H22ClNO6/c1-26(20-6-4-3-5-18(20)25(32)33)21(14-23(29)30)19-13-17(34-2)11-12-22(19)28(26)24(31)15-7-9-16(27)10-8-15/h3-13,21H,14H2,1-2H3,(H,29,30)(H,32,33)/p-1. The Kier molecular flexibility index (Phi) is 6.06. The number of hydrogen-bond acceptors (Lipinski definition) is 5. The SMILES string of the molecule is COc1ccc2c(c1)C(CC(=O)[O-])C(C)(c1ccccc1C(=O)O)N2C(=O)c1ccc(Cl)cc1. The third kappa shape index (κ3) is 3.78. The number of methoxy groups -OCH3 is 1. The number of carbonyl (C=O) groups excluding carboxylic acids is 2. The molecule has 1 amide bonds. The number of amides is 1. The van der Waals surface area contributed by atoms with Crippen molar-refractivity contribution in [2.24, 2.45) is 0 Å². The van der Waals surface area contributed by atoms with Gasteiger partial charge in [-0.2, -0.15) is 0 Å². The number of carboxylic acid groups (broad SMARTS) is 2. The van der Waals surface area contributed by atoms with Crippen LogP contribution in [0.2, 0.25) is 5.02 Å². The molecule has 1 aliphatic heterocycles. The molecule has 1 heterocycles. The fraction of sp³-hybridized carbons (Fsp3) is 0.192. The highest BCUT2D eigenvalue weighted by molar-refractivity contribution is 6.30. The summed E-state index contributed by atoms with van der Waals surface area (Å²) in [5, 5.41) is 22.2. The average molecular weight is 479 g/mol. The largest absolute Gasteiger partial charge is 0.550 e. The van der Waals surface area contributed by atoms with E-state index in [2.05, 4.69) is 0 Å². The molecule has 0 bridgehead atoms. The number of carbonyl (C=O) groups is 3. The number of carboxylic acids is 2. The molecule has 0 saturated heterocycles. The monoisotopic (exact) mass is 478 g/mol. The number of benzene rings is 3. The molecule has 1 N–H and O–H groups in total. The van der Waals surface area contributed by atoms with E-state index >= 15 is 0 Å². The van der Waals surface area contributed by atoms with E-state index in [9.17, 15) is 24.6 Å². The Bertz CT molecular complexity index is 1290. The van der Waals surface area contributed by atoms with Gasteiger partial charge in [0.2, 0.25) is 0 Å². The Morgan fingerprint density at radius 1 is 1.09 bits per heavy atom. The lowest BCUT2D eigenvalue weighted by Gasteiger charge is -2.41. The first-order valence-electron chi connectivity index (χ1n) is 10.5. The van der Waals surface area contributed by atoms with Gasteiger partial charge >= 0.3 is 5.97 Å². The Hall–Kier alpha value is -3.84. The first-order chi connectivity index (χ1) is 16.2. The maximum atomic E-state index is 13.9. The molecule has 0 saturated carbocycles. The summed E-state index contributed by atoms with van der Waals surface area (Å²) in [6.45, 7) is 1.68. The Balaban J connectivity index is 2.03. The van der Waals surface area contributed by atoms with Crippen molar-refractivity contribution in [3.63, 3.8) is 0 Å². The maximum absolute atomic E-state index is 13.9. The van der Waals surface area contributed by atoms with E-state index in [-0.39, 0.29) is 5.56 Å². The Morgan fingerprint density at radius 3 is 2.38 bits per heavy atom. The van der Waals surface area contributed by atoms with Crippen LogP contribution >= 0.6 is 11.6 Å². The highest BCUT2D eigenvalue weighted by atomic mass is 35.5. The van der Waals surface area contributed by atoms with Crippen LogP contribution in [0.4, 0.5) is 5.69 Å². The number of halogens is 1. The summed E-state index contributed by atoms with van der Waals surface area (Å²) in [6.07, 6.45) is -0.435. The molecule has 8 heteroatoms. The molecule has 2 unspecified atom stereocenters. The van der Waals surface area contributed by atoms with Gasteiger partial charge in [-0.05, 0) is 73.0 Å². The van der Waals surface area contributed by atoms with Crippen LogP contribution in [-0.4, -0.2) is 30.1 Å². The van der Waals surface area contributed by atoms with Crippen molar-refractivity contribution in [1.29, 1.82) is 0 Å². The van der Waals surface area contributed by atoms with Crippen LogP contribution in [0.3, 0.4) is 0 Å². The normalized spacial score (nSPS) is 18.9. The first-order valence-corrected chi connectivity index (χ1v) is 10.9. The molecule has 4 rings (SSSR count). The lowest BCUT2D eigenvalue weighted by Crippen LogP contribution is -2.49. The van der Waals surface area contributed by atoms with Gasteiger partial charge in [0.1, 0.15) is 5.75 Å².